The first-order valence-corrected chi connectivity index (χ1v) is 7.15. The van der Waals surface area contributed by atoms with Crippen LogP contribution in [0, 0.1) is 10.1 Å². The lowest BCUT2D eigenvalue weighted by molar-refractivity contribution is -0.400. The summed E-state index contributed by atoms with van der Waals surface area (Å²) in [6.45, 7) is 0. The van der Waals surface area contributed by atoms with Crippen molar-refractivity contribution < 1.29 is 4.92 Å². The summed E-state index contributed by atoms with van der Waals surface area (Å²) < 4.78 is 2.01. The molecule has 4 heteroatoms. The Labute approximate surface area is 131 Å². The van der Waals surface area contributed by atoms with Crippen LogP contribution in [0.3, 0.4) is 0 Å². The van der Waals surface area contributed by atoms with Gasteiger partial charge >= 0.3 is 0 Å². The van der Waals surface area contributed by atoms with Crippen LogP contribution in [0.15, 0.2) is 70.9 Å². The molecule has 0 unspecified atom stereocenters. The second-order valence-corrected chi connectivity index (χ2v) is 4.43. The largest absolute Gasteiger partial charge is 0.259 e. The van der Waals surface area contributed by atoms with E-state index in [1.807, 2.05) is 40.5 Å². The van der Waals surface area contributed by atoms with Crippen molar-refractivity contribution in [2.75, 3.05) is 0 Å². The van der Waals surface area contributed by atoms with Gasteiger partial charge in [-0.2, -0.15) is 0 Å². The molecule has 2 aromatic carbocycles. The van der Waals surface area contributed by atoms with E-state index in [4.69, 9.17) is 0 Å². The molecule has 0 spiro atoms. The van der Waals surface area contributed by atoms with Gasteiger partial charge in [0.2, 0.25) is 6.20 Å². The highest BCUT2D eigenvalue weighted by Gasteiger charge is 1.86. The van der Waals surface area contributed by atoms with Gasteiger partial charge in [-0.15, -0.1) is 0 Å². The lowest BCUT2D eigenvalue weighted by atomic mass is 10.2. The molecule has 0 aliphatic heterocycles. The van der Waals surface area contributed by atoms with Crippen LogP contribution in [0.4, 0.5) is 0 Å². The summed E-state index contributed by atoms with van der Waals surface area (Å²) in [5.74, 6) is 0. The molecule has 0 aliphatic carbocycles. The van der Waals surface area contributed by atoms with Crippen molar-refractivity contribution in [2.24, 2.45) is 0 Å². The van der Waals surface area contributed by atoms with Crippen LogP contribution in [0.25, 0.3) is 12.2 Å². The Hall–Kier alpha value is -1.95. The average molecular weight is 379 g/mol. The first-order valence-electron chi connectivity index (χ1n) is 5.91. The second-order valence-electron chi connectivity index (χ2n) is 3.72. The maximum absolute atomic E-state index is 9.89. The van der Waals surface area contributed by atoms with E-state index in [0.717, 1.165) is 11.8 Å². The highest BCUT2D eigenvalue weighted by Crippen LogP contribution is 2.02. The summed E-state index contributed by atoms with van der Waals surface area (Å²) in [4.78, 5) is 9.41. The SMILES string of the molecule is IC=Cc1ccccc1.O=[N+]([O-])C=Cc1ccccc1. The van der Waals surface area contributed by atoms with Gasteiger partial charge in [0.1, 0.15) is 0 Å². The smallest absolute Gasteiger partial charge is 0.235 e. The maximum atomic E-state index is 9.89. The van der Waals surface area contributed by atoms with Crippen molar-refractivity contribution in [2.45, 2.75) is 0 Å². The lowest BCUT2D eigenvalue weighted by Gasteiger charge is -1.86. The predicted molar refractivity (Wildman–Crippen MR) is 92.0 cm³/mol. The Morgan fingerprint density at radius 3 is 1.70 bits per heavy atom. The number of nitro groups is 1. The predicted octanol–water partition coefficient (Wildman–Crippen LogP) is 5.03. The highest BCUT2D eigenvalue weighted by molar-refractivity contribution is 14.1. The fraction of sp³-hybridized carbons (Fsp3) is 0. The minimum atomic E-state index is -0.479. The van der Waals surface area contributed by atoms with Crippen LogP contribution in [0.5, 0.6) is 0 Å². The number of halogens is 1. The second kappa shape index (κ2) is 9.91. The molecule has 0 saturated carbocycles. The van der Waals surface area contributed by atoms with Crippen LogP contribution in [0.1, 0.15) is 11.1 Å². The van der Waals surface area contributed by atoms with Crippen molar-refractivity contribution >= 4 is 34.7 Å². The molecular weight excluding hydrogens is 365 g/mol. The molecular formula is C16H14INO2. The Kier molecular flexibility index (Phi) is 7.98. The molecule has 0 heterocycles. The van der Waals surface area contributed by atoms with Crippen molar-refractivity contribution in [3.05, 3.63) is 92.2 Å². The van der Waals surface area contributed by atoms with E-state index in [0.29, 0.717) is 0 Å². The number of nitrogens with zero attached hydrogens (tertiary/aromatic N) is 1. The molecule has 0 saturated heterocycles. The van der Waals surface area contributed by atoms with Gasteiger partial charge in [-0.1, -0.05) is 83.3 Å². The first kappa shape index (κ1) is 16.1. The number of rotatable bonds is 3. The van der Waals surface area contributed by atoms with Gasteiger partial charge in [0, 0.05) is 6.08 Å². The van der Waals surface area contributed by atoms with Gasteiger partial charge in [-0.25, -0.2) is 0 Å². The summed E-state index contributed by atoms with van der Waals surface area (Å²) in [5.41, 5.74) is 2.09. The highest BCUT2D eigenvalue weighted by atomic mass is 127. The van der Waals surface area contributed by atoms with E-state index in [1.165, 1.54) is 11.6 Å². The average Bonchev–Trinajstić information content (AvgIpc) is 2.48. The fourth-order valence-corrected chi connectivity index (χ4v) is 1.76. The minimum Gasteiger partial charge on any atom is -0.259 e. The first-order chi connectivity index (χ1) is 9.72. The Morgan fingerprint density at radius 1 is 0.850 bits per heavy atom. The van der Waals surface area contributed by atoms with E-state index in [9.17, 15) is 10.1 Å². The molecule has 0 amide bonds. The maximum Gasteiger partial charge on any atom is 0.235 e. The molecule has 0 aliphatic rings. The number of hydrogen-bond donors (Lipinski definition) is 0. The number of benzene rings is 2. The molecule has 2 rings (SSSR count). The molecule has 2 aromatic rings. The standard InChI is InChI=1S/C8H7I.C8H7NO2/c9-7-6-8-4-2-1-3-5-8;10-9(11)7-6-8-4-2-1-3-5-8/h1-7H;1-7H. The van der Waals surface area contributed by atoms with Gasteiger partial charge in [0.25, 0.3) is 0 Å². The molecule has 20 heavy (non-hydrogen) atoms. The Bertz CT molecular complexity index is 566. The zero-order chi connectivity index (χ0) is 14.6. The zero-order valence-electron chi connectivity index (χ0n) is 10.7. The molecule has 102 valence electrons. The molecule has 0 fully saturated rings. The summed E-state index contributed by atoms with van der Waals surface area (Å²) in [5, 5.41) is 9.89. The third kappa shape index (κ3) is 7.48. The van der Waals surface area contributed by atoms with Crippen molar-refractivity contribution in [1.29, 1.82) is 0 Å². The number of hydrogen-bond acceptors (Lipinski definition) is 2. The van der Waals surface area contributed by atoms with Crippen molar-refractivity contribution in [3.63, 3.8) is 0 Å². The summed E-state index contributed by atoms with van der Waals surface area (Å²) >= 11 is 2.21. The van der Waals surface area contributed by atoms with E-state index in [-0.39, 0.29) is 0 Å². The van der Waals surface area contributed by atoms with Crippen molar-refractivity contribution in [1.82, 2.24) is 0 Å². The summed E-state index contributed by atoms with van der Waals surface area (Å²) in [7, 11) is 0. The third-order valence-corrected chi connectivity index (χ3v) is 2.60. The normalized spacial score (nSPS) is 10.2. The van der Waals surface area contributed by atoms with Gasteiger partial charge in [0.15, 0.2) is 0 Å². The van der Waals surface area contributed by atoms with Crippen LogP contribution >= 0.6 is 22.6 Å². The van der Waals surface area contributed by atoms with Gasteiger partial charge in [0.05, 0.1) is 4.92 Å². The quantitative estimate of drug-likeness (QED) is 0.427. The van der Waals surface area contributed by atoms with Crippen molar-refractivity contribution in [3.8, 4) is 0 Å². The summed E-state index contributed by atoms with van der Waals surface area (Å²) in [6.07, 6.45) is 4.45. The molecule has 0 aromatic heterocycles. The van der Waals surface area contributed by atoms with Crippen LogP contribution < -0.4 is 0 Å². The van der Waals surface area contributed by atoms with Crippen LogP contribution in [-0.2, 0) is 0 Å². The zero-order valence-corrected chi connectivity index (χ0v) is 12.9. The lowest BCUT2D eigenvalue weighted by Crippen LogP contribution is -1.81. The van der Waals surface area contributed by atoms with Gasteiger partial charge in [-0.3, -0.25) is 10.1 Å². The Balaban J connectivity index is 0.000000204. The summed E-state index contributed by atoms with van der Waals surface area (Å²) in [6, 6.07) is 19.4. The van der Waals surface area contributed by atoms with E-state index in [1.54, 1.807) is 12.1 Å². The van der Waals surface area contributed by atoms with E-state index >= 15 is 0 Å². The third-order valence-electron chi connectivity index (χ3n) is 2.24. The van der Waals surface area contributed by atoms with E-state index in [2.05, 4.69) is 40.8 Å². The molecule has 0 N–H and O–H groups in total. The molecule has 0 atom stereocenters. The fourth-order valence-electron chi connectivity index (χ4n) is 1.35. The molecule has 0 radical (unpaired) electrons. The Morgan fingerprint density at radius 2 is 1.30 bits per heavy atom. The topological polar surface area (TPSA) is 43.1 Å². The van der Waals surface area contributed by atoms with Crippen LogP contribution in [0.2, 0.25) is 0 Å². The molecule has 3 nitrogen and oxygen atoms in total. The molecule has 0 bridgehead atoms. The monoisotopic (exact) mass is 379 g/mol. The van der Waals surface area contributed by atoms with E-state index < -0.39 is 4.92 Å². The van der Waals surface area contributed by atoms with Crippen LogP contribution in [-0.4, -0.2) is 4.92 Å². The van der Waals surface area contributed by atoms with Gasteiger partial charge in [-0.05, 0) is 21.3 Å². The van der Waals surface area contributed by atoms with Gasteiger partial charge < -0.3 is 0 Å². The minimum absolute atomic E-state index is 0.479.